The second kappa shape index (κ2) is 7.19. The minimum absolute atomic E-state index is 0.0789. The molecule has 2 aromatic carbocycles. The number of carbonyl (C=O) groups excluding carboxylic acids is 1. The average molecular weight is 383 g/mol. The first-order valence-corrected chi connectivity index (χ1v) is 8.58. The van der Waals surface area contributed by atoms with Crippen LogP contribution in [0.5, 0.6) is 0 Å². The third kappa shape index (κ3) is 4.12. The second-order valence-electron chi connectivity index (χ2n) is 6.43. The summed E-state index contributed by atoms with van der Waals surface area (Å²) in [5, 5.41) is 3.65. The summed E-state index contributed by atoms with van der Waals surface area (Å²) in [6, 6.07) is 10.1. The van der Waals surface area contributed by atoms with Gasteiger partial charge >= 0.3 is 12.2 Å². The largest absolute Gasteiger partial charge is 0.416 e. The van der Waals surface area contributed by atoms with E-state index < -0.39 is 11.7 Å². The third-order valence-corrected chi connectivity index (χ3v) is 4.76. The van der Waals surface area contributed by atoms with E-state index in [1.54, 1.807) is 13.1 Å². The summed E-state index contributed by atoms with van der Waals surface area (Å²) in [7, 11) is 1.62. The van der Waals surface area contributed by atoms with Crippen molar-refractivity contribution >= 4 is 17.6 Å². The fourth-order valence-electron chi connectivity index (χ4n) is 3.14. The van der Waals surface area contributed by atoms with Crippen molar-refractivity contribution in [3.05, 3.63) is 69.7 Å². The minimum Gasteiger partial charge on any atom is -0.331 e. The lowest BCUT2D eigenvalue weighted by atomic mass is 10.1. The highest BCUT2D eigenvalue weighted by atomic mass is 35.5. The highest BCUT2D eigenvalue weighted by molar-refractivity contribution is 6.30. The molecule has 138 valence electrons. The second-order valence-corrected chi connectivity index (χ2v) is 6.87. The van der Waals surface area contributed by atoms with E-state index in [2.05, 4.69) is 5.32 Å². The van der Waals surface area contributed by atoms with Crippen LogP contribution in [0.1, 0.15) is 34.7 Å². The molecule has 0 spiro atoms. The van der Waals surface area contributed by atoms with Crippen molar-refractivity contribution in [1.29, 1.82) is 0 Å². The van der Waals surface area contributed by atoms with E-state index in [1.807, 2.05) is 12.1 Å². The van der Waals surface area contributed by atoms with Gasteiger partial charge in [0.25, 0.3) is 0 Å². The zero-order valence-electron chi connectivity index (χ0n) is 14.1. The lowest BCUT2D eigenvalue weighted by Gasteiger charge is -2.22. The average Bonchev–Trinajstić information content (AvgIpc) is 2.96. The number of nitrogens with zero attached hydrogens (tertiary/aromatic N) is 1. The van der Waals surface area contributed by atoms with Crippen LogP contribution in [-0.4, -0.2) is 18.0 Å². The van der Waals surface area contributed by atoms with Gasteiger partial charge in [0.05, 0.1) is 11.6 Å². The maximum atomic E-state index is 12.6. The molecule has 0 aromatic heterocycles. The fraction of sp³-hybridized carbons (Fsp3) is 0.316. The molecule has 2 amide bonds. The molecule has 1 N–H and O–H groups in total. The Kier molecular flexibility index (Phi) is 5.14. The van der Waals surface area contributed by atoms with E-state index in [0.717, 1.165) is 36.1 Å². The molecule has 0 saturated heterocycles. The molecule has 0 fully saturated rings. The van der Waals surface area contributed by atoms with Crippen molar-refractivity contribution in [2.45, 2.75) is 31.6 Å². The van der Waals surface area contributed by atoms with Crippen LogP contribution in [0.4, 0.5) is 18.0 Å². The molecule has 0 bridgehead atoms. The lowest BCUT2D eigenvalue weighted by molar-refractivity contribution is -0.137. The van der Waals surface area contributed by atoms with Crippen LogP contribution in [0.15, 0.2) is 42.5 Å². The first-order valence-electron chi connectivity index (χ1n) is 8.20. The predicted molar refractivity (Wildman–Crippen MR) is 94.0 cm³/mol. The number of fused-ring (bicyclic) bond motifs is 1. The van der Waals surface area contributed by atoms with E-state index in [1.165, 1.54) is 17.0 Å². The van der Waals surface area contributed by atoms with E-state index in [4.69, 9.17) is 11.6 Å². The number of urea groups is 1. The Morgan fingerprint density at radius 1 is 1.23 bits per heavy atom. The Labute approximate surface area is 154 Å². The van der Waals surface area contributed by atoms with Crippen molar-refractivity contribution in [3.8, 4) is 0 Å². The van der Waals surface area contributed by atoms with Gasteiger partial charge < -0.3 is 10.2 Å². The van der Waals surface area contributed by atoms with Gasteiger partial charge in [-0.3, -0.25) is 0 Å². The molecule has 3 rings (SSSR count). The number of hydrogen-bond acceptors (Lipinski definition) is 1. The topological polar surface area (TPSA) is 32.3 Å². The van der Waals surface area contributed by atoms with Crippen molar-refractivity contribution < 1.29 is 18.0 Å². The maximum Gasteiger partial charge on any atom is 0.416 e. The van der Waals surface area contributed by atoms with Crippen molar-refractivity contribution in [2.75, 3.05) is 7.05 Å². The molecule has 0 radical (unpaired) electrons. The monoisotopic (exact) mass is 382 g/mol. The van der Waals surface area contributed by atoms with E-state index in [-0.39, 0.29) is 18.6 Å². The van der Waals surface area contributed by atoms with Gasteiger partial charge in [0, 0.05) is 18.6 Å². The Morgan fingerprint density at radius 3 is 2.58 bits per heavy atom. The van der Waals surface area contributed by atoms with Crippen LogP contribution in [0.25, 0.3) is 0 Å². The Hall–Kier alpha value is -2.21. The normalized spacial score (nSPS) is 16.3. The van der Waals surface area contributed by atoms with Crippen molar-refractivity contribution in [3.63, 3.8) is 0 Å². The third-order valence-electron chi connectivity index (χ3n) is 4.53. The standard InChI is InChI=1S/C19H18ClF3N2O/c1-25(11-12-2-5-14(6-3-12)19(21,22)23)18(26)24-17-9-4-13-10-15(20)7-8-16(13)17/h2-3,5-8,10,17H,4,9,11H2,1H3,(H,24,26). The first-order chi connectivity index (χ1) is 12.2. The zero-order chi connectivity index (χ0) is 18.9. The van der Waals surface area contributed by atoms with Crippen LogP contribution in [-0.2, 0) is 19.1 Å². The number of benzene rings is 2. The van der Waals surface area contributed by atoms with Gasteiger partial charge in [-0.15, -0.1) is 0 Å². The smallest absolute Gasteiger partial charge is 0.331 e. The summed E-state index contributed by atoms with van der Waals surface area (Å²) in [5.74, 6) is 0. The summed E-state index contributed by atoms with van der Waals surface area (Å²) in [5.41, 5.74) is 2.13. The number of halogens is 4. The van der Waals surface area contributed by atoms with E-state index in [0.29, 0.717) is 10.6 Å². The van der Waals surface area contributed by atoms with E-state index in [9.17, 15) is 18.0 Å². The molecule has 1 unspecified atom stereocenters. The molecule has 26 heavy (non-hydrogen) atoms. The summed E-state index contributed by atoms with van der Waals surface area (Å²) in [4.78, 5) is 13.9. The zero-order valence-corrected chi connectivity index (χ0v) is 14.9. The Balaban J connectivity index is 1.61. The van der Waals surface area contributed by atoms with Gasteiger partial charge in [-0.1, -0.05) is 29.8 Å². The SMILES string of the molecule is CN(Cc1ccc(C(F)(F)F)cc1)C(=O)NC1CCc2cc(Cl)ccc21. The first kappa shape index (κ1) is 18.6. The summed E-state index contributed by atoms with van der Waals surface area (Å²) >= 11 is 5.99. The molecule has 0 saturated carbocycles. The van der Waals surface area contributed by atoms with Crippen molar-refractivity contribution in [2.24, 2.45) is 0 Å². The van der Waals surface area contributed by atoms with Gasteiger partial charge in [0.15, 0.2) is 0 Å². The van der Waals surface area contributed by atoms with Crippen LogP contribution in [0.3, 0.4) is 0 Å². The van der Waals surface area contributed by atoms with Gasteiger partial charge in [-0.05, 0) is 53.8 Å². The Bertz CT molecular complexity index is 805. The highest BCUT2D eigenvalue weighted by Crippen LogP contribution is 2.33. The fourth-order valence-corrected chi connectivity index (χ4v) is 3.33. The summed E-state index contributed by atoms with van der Waals surface area (Å²) in [6.07, 6.45) is -2.71. The summed E-state index contributed by atoms with van der Waals surface area (Å²) in [6.45, 7) is 0.226. The van der Waals surface area contributed by atoms with Crippen LogP contribution in [0, 0.1) is 0 Å². The maximum absolute atomic E-state index is 12.6. The van der Waals surface area contributed by atoms with Gasteiger partial charge in [0.2, 0.25) is 0 Å². The number of hydrogen-bond donors (Lipinski definition) is 1. The number of carbonyl (C=O) groups is 1. The number of aryl methyl sites for hydroxylation is 1. The molecule has 1 atom stereocenters. The van der Waals surface area contributed by atoms with Crippen molar-refractivity contribution in [1.82, 2.24) is 10.2 Å². The predicted octanol–water partition coefficient (Wildman–Crippen LogP) is 5.19. The molecular weight excluding hydrogens is 365 g/mol. The molecule has 7 heteroatoms. The number of amides is 2. The molecule has 2 aromatic rings. The molecule has 0 heterocycles. The van der Waals surface area contributed by atoms with Crippen LogP contribution < -0.4 is 5.32 Å². The molecule has 1 aliphatic rings. The minimum atomic E-state index is -4.36. The van der Waals surface area contributed by atoms with Gasteiger partial charge in [0.1, 0.15) is 0 Å². The molecule has 3 nitrogen and oxygen atoms in total. The molecule has 0 aliphatic heterocycles. The lowest BCUT2D eigenvalue weighted by Crippen LogP contribution is -2.38. The molecular formula is C19H18ClF3N2O. The van der Waals surface area contributed by atoms with Gasteiger partial charge in [-0.2, -0.15) is 13.2 Å². The van der Waals surface area contributed by atoms with Crippen LogP contribution in [0.2, 0.25) is 5.02 Å². The number of alkyl halides is 3. The van der Waals surface area contributed by atoms with Crippen LogP contribution >= 0.6 is 11.6 Å². The quantitative estimate of drug-likeness (QED) is 0.778. The van der Waals surface area contributed by atoms with E-state index >= 15 is 0 Å². The summed E-state index contributed by atoms with van der Waals surface area (Å²) < 4.78 is 37.8. The Morgan fingerprint density at radius 2 is 1.92 bits per heavy atom. The molecule has 1 aliphatic carbocycles. The number of rotatable bonds is 3. The number of nitrogens with one attached hydrogen (secondary N) is 1. The highest BCUT2D eigenvalue weighted by Gasteiger charge is 2.30. The van der Waals surface area contributed by atoms with Gasteiger partial charge in [-0.25, -0.2) is 4.79 Å².